The minimum atomic E-state index is -1.83. The molecule has 0 fully saturated rings. The van der Waals surface area contributed by atoms with Gasteiger partial charge in [-0.2, -0.15) is 0 Å². The summed E-state index contributed by atoms with van der Waals surface area (Å²) < 4.78 is 0. The molecule has 0 saturated heterocycles. The molecule has 0 spiro atoms. The van der Waals surface area contributed by atoms with Crippen LogP contribution in [0.4, 0.5) is 0 Å². The molecule has 0 saturated carbocycles. The van der Waals surface area contributed by atoms with Crippen LogP contribution in [0.2, 0.25) is 0 Å². The van der Waals surface area contributed by atoms with E-state index in [4.69, 9.17) is 0 Å². The summed E-state index contributed by atoms with van der Waals surface area (Å²) in [7, 11) is 0. The van der Waals surface area contributed by atoms with Crippen LogP contribution in [0, 0.1) is 0 Å². The first kappa shape index (κ1) is 25.7. The fourth-order valence-electron chi connectivity index (χ4n) is 3.30. The van der Waals surface area contributed by atoms with E-state index in [0.29, 0.717) is 12.0 Å². The second-order valence-electron chi connectivity index (χ2n) is 6.81. The number of hydrogen-bond acceptors (Lipinski definition) is 2. The molecule has 0 heterocycles. The van der Waals surface area contributed by atoms with E-state index in [9.17, 15) is 19.8 Å². The van der Waals surface area contributed by atoms with E-state index in [1.807, 2.05) is 0 Å². The van der Waals surface area contributed by atoms with Gasteiger partial charge in [0.05, 0.1) is 0 Å². The molecule has 0 aromatic heterocycles. The summed E-state index contributed by atoms with van der Waals surface area (Å²) in [5.74, 6) is -2.55. The average molecular weight is 488 g/mol. The van der Waals surface area contributed by atoms with Gasteiger partial charge in [-0.1, -0.05) is 101 Å². The topological polar surface area (TPSA) is 74.6 Å². The van der Waals surface area contributed by atoms with E-state index in [0.717, 1.165) is 19.3 Å². The Morgan fingerprint density at radius 2 is 1.19 bits per heavy atom. The predicted molar refractivity (Wildman–Crippen MR) is 108 cm³/mol. The molecule has 0 unspecified atom stereocenters. The van der Waals surface area contributed by atoms with Gasteiger partial charge >= 0.3 is 60.8 Å². The minimum absolute atomic E-state index is 0. The van der Waals surface area contributed by atoms with E-state index >= 15 is 0 Å². The van der Waals surface area contributed by atoms with E-state index < -0.39 is 17.4 Å². The van der Waals surface area contributed by atoms with Crippen molar-refractivity contribution in [3.63, 3.8) is 0 Å². The van der Waals surface area contributed by atoms with Crippen LogP contribution < -0.4 is 0 Å². The number of unbranched alkanes of at least 4 members (excludes halogenated alkanes) is 9. The standard InChI is InChI=1S/C21H32O4.Ba.2H/c1-2-3-4-5-6-7-8-9-10-14-17-21(19(22)23,20(24)25)18-15-12-11-13-16-18;;;/h11-13,15-16H,2-10,14,17H2,1H3,(H,22,23)(H,24,25);;;. The van der Waals surface area contributed by atoms with Crippen molar-refractivity contribution >= 4 is 60.8 Å². The van der Waals surface area contributed by atoms with Gasteiger partial charge in [0.1, 0.15) is 0 Å². The molecular formula is C21H34BaO4. The zero-order valence-electron chi connectivity index (χ0n) is 15.4. The van der Waals surface area contributed by atoms with Gasteiger partial charge in [-0.05, 0) is 12.0 Å². The normalized spacial score (nSPS) is 11.0. The third-order valence-electron chi connectivity index (χ3n) is 4.90. The molecule has 144 valence electrons. The first-order chi connectivity index (χ1) is 12.1. The summed E-state index contributed by atoms with van der Waals surface area (Å²) in [6.45, 7) is 2.21. The van der Waals surface area contributed by atoms with E-state index in [2.05, 4.69) is 6.92 Å². The van der Waals surface area contributed by atoms with Crippen LogP contribution in [-0.4, -0.2) is 71.0 Å². The molecule has 5 heteroatoms. The molecule has 0 aliphatic carbocycles. The molecule has 1 aromatic carbocycles. The summed E-state index contributed by atoms with van der Waals surface area (Å²) in [6, 6.07) is 8.33. The molecule has 0 amide bonds. The summed E-state index contributed by atoms with van der Waals surface area (Å²) in [5, 5.41) is 19.2. The molecule has 0 bridgehead atoms. The monoisotopic (exact) mass is 488 g/mol. The average Bonchev–Trinajstić information content (AvgIpc) is 2.60. The number of carboxylic acid groups (broad SMARTS) is 2. The van der Waals surface area contributed by atoms with Crippen molar-refractivity contribution in [2.24, 2.45) is 0 Å². The van der Waals surface area contributed by atoms with Gasteiger partial charge in [0, 0.05) is 0 Å². The van der Waals surface area contributed by atoms with Crippen LogP contribution in [0.3, 0.4) is 0 Å². The quantitative estimate of drug-likeness (QED) is 0.230. The van der Waals surface area contributed by atoms with Crippen molar-refractivity contribution in [3.05, 3.63) is 35.9 Å². The maximum atomic E-state index is 11.8. The Balaban J connectivity index is 0.00000625. The number of rotatable bonds is 14. The van der Waals surface area contributed by atoms with Gasteiger partial charge in [0.2, 0.25) is 0 Å². The van der Waals surface area contributed by atoms with E-state index in [-0.39, 0.29) is 55.3 Å². The number of benzene rings is 1. The molecule has 4 nitrogen and oxygen atoms in total. The fraction of sp³-hybridized carbons (Fsp3) is 0.619. The van der Waals surface area contributed by atoms with Crippen LogP contribution in [0.5, 0.6) is 0 Å². The molecule has 1 aromatic rings. The Bertz CT molecular complexity index is 502. The second-order valence-corrected chi connectivity index (χ2v) is 6.81. The Kier molecular flexibility index (Phi) is 14.6. The van der Waals surface area contributed by atoms with Crippen molar-refractivity contribution in [2.75, 3.05) is 0 Å². The SMILES string of the molecule is CCCCCCCCCCCCC(C(=O)O)(C(=O)O)c1ccccc1.[BaH2]. The van der Waals surface area contributed by atoms with Gasteiger partial charge in [-0.25, -0.2) is 0 Å². The summed E-state index contributed by atoms with van der Waals surface area (Å²) >= 11 is 0. The number of carbonyl (C=O) groups is 2. The number of carboxylic acids is 2. The van der Waals surface area contributed by atoms with Gasteiger partial charge in [-0.3, -0.25) is 9.59 Å². The molecule has 0 aliphatic heterocycles. The first-order valence-electron chi connectivity index (χ1n) is 9.58. The van der Waals surface area contributed by atoms with Crippen LogP contribution in [0.15, 0.2) is 30.3 Å². The maximum absolute atomic E-state index is 11.8. The summed E-state index contributed by atoms with van der Waals surface area (Å²) in [4.78, 5) is 23.5. The zero-order chi connectivity index (χ0) is 18.5. The Hall–Kier alpha value is -0.269. The second kappa shape index (κ2) is 14.7. The van der Waals surface area contributed by atoms with E-state index in [1.54, 1.807) is 30.3 Å². The van der Waals surface area contributed by atoms with Gasteiger partial charge < -0.3 is 10.2 Å². The van der Waals surface area contributed by atoms with Crippen molar-refractivity contribution in [1.29, 1.82) is 0 Å². The molecule has 2 N–H and O–H groups in total. The van der Waals surface area contributed by atoms with Crippen LogP contribution in [0.1, 0.15) is 83.1 Å². The van der Waals surface area contributed by atoms with Crippen LogP contribution in [-0.2, 0) is 15.0 Å². The molecule has 0 atom stereocenters. The Morgan fingerprint density at radius 1 is 0.769 bits per heavy atom. The molecule has 26 heavy (non-hydrogen) atoms. The summed E-state index contributed by atoms with van der Waals surface area (Å²) in [6.07, 6.45) is 11.5. The Morgan fingerprint density at radius 3 is 1.62 bits per heavy atom. The molecule has 1 rings (SSSR count). The molecule has 0 aliphatic rings. The first-order valence-corrected chi connectivity index (χ1v) is 9.58. The number of hydrogen-bond donors (Lipinski definition) is 2. The fourth-order valence-corrected chi connectivity index (χ4v) is 3.30. The third kappa shape index (κ3) is 8.17. The van der Waals surface area contributed by atoms with E-state index in [1.165, 1.54) is 38.5 Å². The van der Waals surface area contributed by atoms with Crippen molar-refractivity contribution in [3.8, 4) is 0 Å². The van der Waals surface area contributed by atoms with Crippen molar-refractivity contribution in [1.82, 2.24) is 0 Å². The van der Waals surface area contributed by atoms with Crippen molar-refractivity contribution in [2.45, 2.75) is 83.0 Å². The van der Waals surface area contributed by atoms with Gasteiger partial charge in [0.25, 0.3) is 0 Å². The molecular weight excluding hydrogens is 454 g/mol. The Labute approximate surface area is 197 Å². The third-order valence-corrected chi connectivity index (χ3v) is 4.90. The van der Waals surface area contributed by atoms with Crippen LogP contribution in [0.25, 0.3) is 0 Å². The van der Waals surface area contributed by atoms with Crippen LogP contribution >= 0.6 is 0 Å². The van der Waals surface area contributed by atoms with Crippen molar-refractivity contribution < 1.29 is 19.8 Å². The summed E-state index contributed by atoms with van der Waals surface area (Å²) in [5.41, 5.74) is -1.48. The predicted octanol–water partition coefficient (Wildman–Crippen LogP) is 4.49. The van der Waals surface area contributed by atoms with Gasteiger partial charge in [0.15, 0.2) is 5.41 Å². The van der Waals surface area contributed by atoms with Gasteiger partial charge in [-0.15, -0.1) is 0 Å². The number of aliphatic carboxylic acids is 2. The zero-order valence-corrected chi connectivity index (χ0v) is 15.4. The molecule has 0 radical (unpaired) electrons.